The predicted octanol–water partition coefficient (Wildman–Crippen LogP) is 5.78. The van der Waals surface area contributed by atoms with Crippen molar-refractivity contribution >= 4 is 29.0 Å². The number of hydrogen-bond donors (Lipinski definition) is 3. The van der Waals surface area contributed by atoms with Crippen molar-refractivity contribution in [1.82, 2.24) is 5.32 Å². The number of ketones is 2. The second-order valence-electron chi connectivity index (χ2n) is 9.81. The molecule has 0 fully saturated rings. The molecule has 2 aromatic rings. The Balaban J connectivity index is 1.69. The van der Waals surface area contributed by atoms with Gasteiger partial charge < -0.3 is 20.7 Å². The molecule has 0 spiro atoms. The molecule has 0 unspecified atom stereocenters. The van der Waals surface area contributed by atoms with Gasteiger partial charge in [0.25, 0.3) is 0 Å². The van der Waals surface area contributed by atoms with Crippen molar-refractivity contribution in [1.29, 1.82) is 0 Å². The van der Waals surface area contributed by atoms with E-state index in [-0.39, 0.29) is 11.6 Å². The molecule has 0 saturated heterocycles. The van der Waals surface area contributed by atoms with Gasteiger partial charge in [-0.25, -0.2) is 4.79 Å². The maximum absolute atomic E-state index is 13.4. The van der Waals surface area contributed by atoms with E-state index in [0.29, 0.717) is 46.7 Å². The molecule has 0 heterocycles. The summed E-state index contributed by atoms with van der Waals surface area (Å²) in [6, 6.07) is 10.8. The van der Waals surface area contributed by atoms with Crippen LogP contribution in [0.4, 0.5) is 16.2 Å². The Hall–Kier alpha value is -3.35. The highest BCUT2D eigenvalue weighted by atomic mass is 16.6. The number of carbonyl (C=O) groups is 3. The lowest BCUT2D eigenvalue weighted by Crippen LogP contribution is -2.33. The van der Waals surface area contributed by atoms with Gasteiger partial charge in [-0.3, -0.25) is 9.59 Å². The Kier molecular flexibility index (Phi) is 8.90. The van der Waals surface area contributed by atoms with E-state index in [4.69, 9.17) is 4.74 Å². The summed E-state index contributed by atoms with van der Waals surface area (Å²) >= 11 is 0. The average Bonchev–Trinajstić information content (AvgIpc) is 2.81. The molecule has 0 aliphatic heterocycles. The number of rotatable bonds is 11. The van der Waals surface area contributed by atoms with Crippen molar-refractivity contribution in [3.8, 4) is 0 Å². The van der Waals surface area contributed by atoms with Crippen molar-refractivity contribution in [3.63, 3.8) is 0 Å². The van der Waals surface area contributed by atoms with Gasteiger partial charge in [0, 0.05) is 42.1 Å². The molecular weight excluding hydrogens is 442 g/mol. The van der Waals surface area contributed by atoms with Gasteiger partial charge in [-0.05, 0) is 52.2 Å². The van der Waals surface area contributed by atoms with Crippen LogP contribution in [0.1, 0.15) is 91.6 Å². The third-order valence-electron chi connectivity index (χ3n) is 5.76. The van der Waals surface area contributed by atoms with Gasteiger partial charge >= 0.3 is 6.09 Å². The number of hydrogen-bond acceptors (Lipinski definition) is 6. The number of ether oxygens (including phenoxy) is 1. The van der Waals surface area contributed by atoms with Gasteiger partial charge in [0.2, 0.25) is 0 Å². The van der Waals surface area contributed by atoms with Gasteiger partial charge in [0.05, 0.1) is 11.1 Å². The standard InChI is InChI=1S/C28H37N3O4/c1-5-6-9-16-29-21-14-15-22(30-17-10-11-18-31-27(34)35-28(2,3)4)24-23(21)25(32)19-12-7-8-13-20(19)26(24)33/h7-8,12-15,29-30H,5-6,9-11,16-18H2,1-4H3,(H,31,34). The zero-order valence-corrected chi connectivity index (χ0v) is 21.3. The van der Waals surface area contributed by atoms with Crippen LogP contribution in [-0.2, 0) is 4.74 Å². The summed E-state index contributed by atoms with van der Waals surface area (Å²) < 4.78 is 5.24. The molecule has 0 bridgehead atoms. The fraction of sp³-hybridized carbons (Fsp3) is 0.464. The summed E-state index contributed by atoms with van der Waals surface area (Å²) in [5, 5.41) is 9.47. The highest BCUT2D eigenvalue weighted by Crippen LogP contribution is 2.36. The number of nitrogens with one attached hydrogen (secondary N) is 3. The minimum atomic E-state index is -0.523. The third kappa shape index (κ3) is 6.84. The van der Waals surface area contributed by atoms with Crippen LogP contribution in [0.25, 0.3) is 0 Å². The summed E-state index contributed by atoms with van der Waals surface area (Å²) in [6.45, 7) is 9.49. The Bertz CT molecular complexity index is 1070. The lowest BCUT2D eigenvalue weighted by atomic mass is 9.82. The molecule has 3 rings (SSSR count). The number of alkyl carbamates (subject to hydrolysis) is 1. The van der Waals surface area contributed by atoms with E-state index in [1.54, 1.807) is 24.3 Å². The molecule has 188 valence electrons. The first-order valence-corrected chi connectivity index (χ1v) is 12.5. The zero-order chi connectivity index (χ0) is 25.4. The van der Waals surface area contributed by atoms with E-state index in [1.807, 2.05) is 32.9 Å². The SMILES string of the molecule is CCCCCNc1ccc(NCCCCNC(=O)OC(C)(C)C)c2c1C(=O)c1ccccc1C2=O. The maximum Gasteiger partial charge on any atom is 0.407 e. The minimum absolute atomic E-state index is 0.126. The van der Waals surface area contributed by atoms with Crippen LogP contribution in [0.3, 0.4) is 0 Å². The second kappa shape index (κ2) is 11.9. The molecule has 3 N–H and O–H groups in total. The molecule has 0 saturated carbocycles. The van der Waals surface area contributed by atoms with Gasteiger partial charge in [0.1, 0.15) is 5.60 Å². The molecule has 1 amide bonds. The molecule has 1 aliphatic carbocycles. The fourth-order valence-corrected chi connectivity index (χ4v) is 4.09. The summed E-state index contributed by atoms with van der Waals surface area (Å²) in [5.41, 5.74) is 2.61. The Morgan fingerprint density at radius 1 is 0.771 bits per heavy atom. The Morgan fingerprint density at radius 2 is 1.26 bits per heavy atom. The lowest BCUT2D eigenvalue weighted by molar-refractivity contribution is 0.0527. The lowest BCUT2D eigenvalue weighted by Gasteiger charge is -2.24. The second-order valence-corrected chi connectivity index (χ2v) is 9.81. The third-order valence-corrected chi connectivity index (χ3v) is 5.76. The van der Waals surface area contributed by atoms with Crippen LogP contribution >= 0.6 is 0 Å². The molecular formula is C28H37N3O4. The van der Waals surface area contributed by atoms with Gasteiger partial charge in [-0.15, -0.1) is 0 Å². The molecule has 0 atom stereocenters. The summed E-state index contributed by atoms with van der Waals surface area (Å²) in [5.74, 6) is -0.264. The van der Waals surface area contributed by atoms with E-state index < -0.39 is 11.7 Å². The molecule has 35 heavy (non-hydrogen) atoms. The average molecular weight is 480 g/mol. The molecule has 0 aromatic heterocycles. The molecule has 7 nitrogen and oxygen atoms in total. The van der Waals surface area contributed by atoms with Gasteiger partial charge in [0.15, 0.2) is 11.6 Å². The van der Waals surface area contributed by atoms with Gasteiger partial charge in [-0.1, -0.05) is 44.0 Å². The summed E-state index contributed by atoms with van der Waals surface area (Å²) in [7, 11) is 0. The van der Waals surface area contributed by atoms with Crippen molar-refractivity contribution in [3.05, 3.63) is 58.7 Å². The first-order chi connectivity index (χ1) is 16.7. The van der Waals surface area contributed by atoms with Crippen LogP contribution in [0.5, 0.6) is 0 Å². The predicted molar refractivity (Wildman–Crippen MR) is 140 cm³/mol. The number of anilines is 2. The maximum atomic E-state index is 13.4. The number of amides is 1. The van der Waals surface area contributed by atoms with E-state index in [1.165, 1.54) is 0 Å². The Morgan fingerprint density at radius 3 is 1.74 bits per heavy atom. The van der Waals surface area contributed by atoms with Crippen LogP contribution in [-0.4, -0.2) is 42.9 Å². The van der Waals surface area contributed by atoms with Crippen LogP contribution in [0.2, 0.25) is 0 Å². The Labute approximate surface area is 208 Å². The monoisotopic (exact) mass is 479 g/mol. The number of benzene rings is 2. The summed E-state index contributed by atoms with van der Waals surface area (Å²) in [6.07, 6.45) is 4.32. The van der Waals surface area contributed by atoms with Gasteiger partial charge in [-0.2, -0.15) is 0 Å². The molecule has 1 aliphatic rings. The smallest absolute Gasteiger partial charge is 0.407 e. The normalized spacial score (nSPS) is 12.6. The first-order valence-electron chi connectivity index (χ1n) is 12.5. The van der Waals surface area contributed by atoms with Crippen LogP contribution in [0, 0.1) is 0 Å². The highest BCUT2D eigenvalue weighted by Gasteiger charge is 2.33. The quantitative estimate of drug-likeness (QED) is 0.302. The highest BCUT2D eigenvalue weighted by molar-refractivity contribution is 6.31. The minimum Gasteiger partial charge on any atom is -0.444 e. The number of unbranched alkanes of at least 4 members (excludes halogenated alkanes) is 3. The zero-order valence-electron chi connectivity index (χ0n) is 21.3. The van der Waals surface area contributed by atoms with E-state index in [0.717, 1.165) is 38.6 Å². The summed E-state index contributed by atoms with van der Waals surface area (Å²) in [4.78, 5) is 38.6. The van der Waals surface area contributed by atoms with Crippen molar-refractivity contribution < 1.29 is 19.1 Å². The van der Waals surface area contributed by atoms with E-state index in [2.05, 4.69) is 22.9 Å². The van der Waals surface area contributed by atoms with Crippen molar-refractivity contribution in [2.24, 2.45) is 0 Å². The van der Waals surface area contributed by atoms with E-state index in [9.17, 15) is 14.4 Å². The van der Waals surface area contributed by atoms with Crippen LogP contribution in [0.15, 0.2) is 36.4 Å². The van der Waals surface area contributed by atoms with Crippen LogP contribution < -0.4 is 16.0 Å². The number of fused-ring (bicyclic) bond motifs is 2. The topological polar surface area (TPSA) is 96.5 Å². The number of carbonyl (C=O) groups excluding carboxylic acids is 3. The van der Waals surface area contributed by atoms with Crippen molar-refractivity contribution in [2.75, 3.05) is 30.3 Å². The van der Waals surface area contributed by atoms with Crippen molar-refractivity contribution in [2.45, 2.75) is 65.4 Å². The van der Waals surface area contributed by atoms with E-state index >= 15 is 0 Å². The molecule has 0 radical (unpaired) electrons. The first kappa shape index (κ1) is 26.3. The molecule has 7 heteroatoms. The fourth-order valence-electron chi connectivity index (χ4n) is 4.09. The molecule has 2 aromatic carbocycles. The largest absolute Gasteiger partial charge is 0.444 e.